The molecule has 2 aromatic heterocycles. The summed E-state index contributed by atoms with van der Waals surface area (Å²) in [6.45, 7) is 4.07. The molecule has 27 heavy (non-hydrogen) atoms. The summed E-state index contributed by atoms with van der Waals surface area (Å²) in [5.74, 6) is 0.773. The number of aryl methyl sites for hydroxylation is 1. The summed E-state index contributed by atoms with van der Waals surface area (Å²) in [4.78, 5) is 10.1. The highest BCUT2D eigenvalue weighted by Gasteiger charge is 2.42. The summed E-state index contributed by atoms with van der Waals surface area (Å²) in [6.07, 6.45) is 2.47. The molecule has 3 heterocycles. The van der Waals surface area contributed by atoms with Crippen LogP contribution in [0.4, 0.5) is 4.39 Å². The van der Waals surface area contributed by atoms with Crippen molar-refractivity contribution in [3.63, 3.8) is 0 Å². The number of rotatable bonds is 5. The average Bonchev–Trinajstić information content (AvgIpc) is 3.15. The van der Waals surface area contributed by atoms with E-state index in [4.69, 9.17) is 4.74 Å². The Hall–Kier alpha value is -2.25. The fourth-order valence-electron chi connectivity index (χ4n) is 4.30. The van der Waals surface area contributed by atoms with Crippen molar-refractivity contribution in [2.24, 2.45) is 11.8 Å². The van der Waals surface area contributed by atoms with Gasteiger partial charge in [0, 0.05) is 25.3 Å². The zero-order chi connectivity index (χ0) is 19.0. The molecule has 0 radical (unpaired) electrons. The molecular weight excluding hydrogens is 349 g/mol. The number of halogens is 1. The van der Waals surface area contributed by atoms with E-state index in [9.17, 15) is 14.6 Å². The highest BCUT2D eigenvalue weighted by molar-refractivity contribution is 5.22. The minimum Gasteiger partial charge on any atom is -0.506 e. The van der Waals surface area contributed by atoms with Crippen molar-refractivity contribution in [1.82, 2.24) is 14.9 Å². The van der Waals surface area contributed by atoms with Crippen molar-refractivity contribution in [2.45, 2.75) is 32.0 Å². The van der Waals surface area contributed by atoms with Gasteiger partial charge in [-0.05, 0) is 55.9 Å². The molecule has 4 atom stereocenters. The van der Waals surface area contributed by atoms with Gasteiger partial charge in [-0.1, -0.05) is 0 Å². The van der Waals surface area contributed by atoms with Crippen LogP contribution in [0.15, 0.2) is 30.5 Å². The van der Waals surface area contributed by atoms with E-state index < -0.39 is 12.1 Å². The number of ether oxygens (including phenoxy) is 1. The average molecular weight is 373 g/mol. The Morgan fingerprint density at radius 3 is 2.59 bits per heavy atom. The Balaban J connectivity index is 1.29. The molecule has 2 unspecified atom stereocenters. The second kappa shape index (κ2) is 7.40. The number of hydrogen-bond acceptors (Lipinski definition) is 6. The van der Waals surface area contributed by atoms with Gasteiger partial charge >= 0.3 is 0 Å². The molecule has 2 N–H and O–H groups in total. The third-order valence-electron chi connectivity index (χ3n) is 5.57. The van der Waals surface area contributed by atoms with Gasteiger partial charge in [0.05, 0.1) is 18.0 Å². The first-order chi connectivity index (χ1) is 13.0. The molecule has 0 bridgehead atoms. The molecule has 4 rings (SSSR count). The first kappa shape index (κ1) is 18.1. The third kappa shape index (κ3) is 4.04. The van der Waals surface area contributed by atoms with Gasteiger partial charge in [-0.3, -0.25) is 9.88 Å². The fraction of sp³-hybridized carbons (Fsp3) is 0.500. The smallest absolute Gasteiger partial charge is 0.255 e. The number of nitrogens with zero attached hydrogens (tertiary/aromatic N) is 3. The number of fused-ring (bicyclic) bond motifs is 1. The highest BCUT2D eigenvalue weighted by atomic mass is 19.1. The molecule has 2 aliphatic rings. The number of aliphatic hydroxyl groups excluding tert-OH is 1. The van der Waals surface area contributed by atoms with Crippen molar-refractivity contribution in [2.75, 3.05) is 19.6 Å². The van der Waals surface area contributed by atoms with Crippen molar-refractivity contribution in [3.8, 4) is 11.5 Å². The van der Waals surface area contributed by atoms with E-state index in [-0.39, 0.29) is 17.6 Å². The Labute approximate surface area is 157 Å². The SMILES string of the molecule is Cc1ccc(OC2C[C@@H]3CN(CC(O)c4ccc(O)cn4)C[C@@H]3C2)c(F)n1. The normalized spacial score (nSPS) is 26.1. The Kier molecular flexibility index (Phi) is 4.97. The lowest BCUT2D eigenvalue weighted by Crippen LogP contribution is -2.29. The maximum atomic E-state index is 13.9. The van der Waals surface area contributed by atoms with Crippen LogP contribution in [-0.2, 0) is 0 Å². The van der Waals surface area contributed by atoms with Crippen molar-refractivity contribution < 1.29 is 19.3 Å². The molecular formula is C20H24FN3O3. The minimum atomic E-state index is -0.677. The van der Waals surface area contributed by atoms with Crippen LogP contribution in [-0.4, -0.2) is 50.8 Å². The van der Waals surface area contributed by atoms with Gasteiger partial charge in [0.2, 0.25) is 0 Å². The van der Waals surface area contributed by atoms with Crippen LogP contribution in [0, 0.1) is 24.7 Å². The van der Waals surface area contributed by atoms with Crippen molar-refractivity contribution in [1.29, 1.82) is 0 Å². The minimum absolute atomic E-state index is 0.0184. The zero-order valence-electron chi connectivity index (χ0n) is 15.3. The second-order valence-electron chi connectivity index (χ2n) is 7.65. The van der Waals surface area contributed by atoms with E-state index in [1.54, 1.807) is 25.1 Å². The molecule has 1 aliphatic heterocycles. The molecule has 0 amide bonds. The number of likely N-dealkylation sites (tertiary alicyclic amines) is 1. The van der Waals surface area contributed by atoms with E-state index in [0.29, 0.717) is 29.8 Å². The summed E-state index contributed by atoms with van der Waals surface area (Å²) in [5.41, 5.74) is 1.20. The molecule has 2 fully saturated rings. The van der Waals surface area contributed by atoms with E-state index in [2.05, 4.69) is 14.9 Å². The summed E-state index contributed by atoms with van der Waals surface area (Å²) in [7, 11) is 0. The Bertz CT molecular complexity index is 788. The first-order valence-corrected chi connectivity index (χ1v) is 9.33. The zero-order valence-corrected chi connectivity index (χ0v) is 15.3. The number of hydrogen-bond donors (Lipinski definition) is 2. The number of aromatic nitrogens is 2. The standard InChI is InChI=1S/C20H24FN3O3/c1-12-2-5-19(20(21)23-12)27-16-6-13-9-24(10-14(13)7-16)11-18(26)17-4-3-15(25)8-22-17/h2-5,8,13-14,16,18,25-26H,6-7,9-11H2,1H3/t13-,14+,16?,18?. The van der Waals surface area contributed by atoms with Gasteiger partial charge < -0.3 is 14.9 Å². The van der Waals surface area contributed by atoms with E-state index in [1.165, 1.54) is 12.3 Å². The van der Waals surface area contributed by atoms with Crippen LogP contribution < -0.4 is 4.74 Å². The van der Waals surface area contributed by atoms with Gasteiger partial charge in [0.1, 0.15) is 11.9 Å². The predicted octanol–water partition coefficient (Wildman–Crippen LogP) is 2.45. The second-order valence-corrected chi connectivity index (χ2v) is 7.65. The lowest BCUT2D eigenvalue weighted by Gasteiger charge is -2.22. The number of aliphatic hydroxyl groups is 1. The van der Waals surface area contributed by atoms with E-state index in [1.807, 2.05) is 0 Å². The summed E-state index contributed by atoms with van der Waals surface area (Å²) >= 11 is 0. The first-order valence-electron chi connectivity index (χ1n) is 9.33. The van der Waals surface area contributed by atoms with Crippen LogP contribution in [0.1, 0.15) is 30.3 Å². The molecule has 1 saturated heterocycles. The van der Waals surface area contributed by atoms with Gasteiger partial charge in [-0.2, -0.15) is 4.39 Å². The maximum absolute atomic E-state index is 13.9. The van der Waals surface area contributed by atoms with Gasteiger partial charge in [-0.15, -0.1) is 0 Å². The van der Waals surface area contributed by atoms with Crippen LogP contribution in [0.25, 0.3) is 0 Å². The van der Waals surface area contributed by atoms with Crippen molar-refractivity contribution >= 4 is 0 Å². The molecule has 7 heteroatoms. The van der Waals surface area contributed by atoms with Gasteiger partial charge in [0.15, 0.2) is 5.75 Å². The largest absolute Gasteiger partial charge is 0.506 e. The number of aromatic hydroxyl groups is 1. The lowest BCUT2D eigenvalue weighted by atomic mass is 10.0. The predicted molar refractivity (Wildman–Crippen MR) is 96.9 cm³/mol. The summed E-state index contributed by atoms with van der Waals surface area (Å²) in [6, 6.07) is 6.59. The third-order valence-corrected chi connectivity index (χ3v) is 5.57. The van der Waals surface area contributed by atoms with Gasteiger partial charge in [0.25, 0.3) is 5.95 Å². The molecule has 144 valence electrons. The van der Waals surface area contributed by atoms with Crippen LogP contribution in [0.3, 0.4) is 0 Å². The Morgan fingerprint density at radius 1 is 1.22 bits per heavy atom. The van der Waals surface area contributed by atoms with E-state index >= 15 is 0 Å². The molecule has 1 saturated carbocycles. The molecule has 0 spiro atoms. The molecule has 1 aliphatic carbocycles. The van der Waals surface area contributed by atoms with Crippen LogP contribution in [0.2, 0.25) is 0 Å². The lowest BCUT2D eigenvalue weighted by molar-refractivity contribution is 0.112. The van der Waals surface area contributed by atoms with Gasteiger partial charge in [-0.25, -0.2) is 4.98 Å². The maximum Gasteiger partial charge on any atom is 0.255 e. The topological polar surface area (TPSA) is 78.7 Å². The highest BCUT2D eigenvalue weighted by Crippen LogP contribution is 2.40. The number of pyridine rings is 2. The molecule has 2 aromatic rings. The van der Waals surface area contributed by atoms with Crippen LogP contribution in [0.5, 0.6) is 11.5 Å². The molecule has 6 nitrogen and oxygen atoms in total. The summed E-state index contributed by atoms with van der Waals surface area (Å²) < 4.78 is 19.7. The fourth-order valence-corrected chi connectivity index (χ4v) is 4.30. The molecule has 0 aromatic carbocycles. The quantitative estimate of drug-likeness (QED) is 0.784. The van der Waals surface area contributed by atoms with E-state index in [0.717, 1.165) is 25.9 Å². The summed E-state index contributed by atoms with van der Waals surface area (Å²) in [5, 5.41) is 19.7. The van der Waals surface area contributed by atoms with Crippen molar-refractivity contribution in [3.05, 3.63) is 47.8 Å². The number of β-amino-alcohol motifs (C(OH)–C–C–N with tert-alkyl or cyclic N) is 1. The van der Waals surface area contributed by atoms with Crippen LogP contribution >= 0.6 is 0 Å². The monoisotopic (exact) mass is 373 g/mol. The Morgan fingerprint density at radius 2 is 1.96 bits per heavy atom.